The van der Waals surface area contributed by atoms with Crippen LogP contribution in [0, 0.1) is 0 Å². The molecule has 2 aromatic carbocycles. The lowest BCUT2D eigenvalue weighted by atomic mass is 10.3. The number of ether oxygens (including phenoxy) is 2. The molecule has 1 amide bonds. The lowest BCUT2D eigenvalue weighted by molar-refractivity contribution is -0.142. The van der Waals surface area contributed by atoms with Gasteiger partial charge in [-0.2, -0.15) is 0 Å². The van der Waals surface area contributed by atoms with Gasteiger partial charge < -0.3 is 20.1 Å². The van der Waals surface area contributed by atoms with Crippen LogP contribution in [0.2, 0.25) is 0 Å². The quantitative estimate of drug-likeness (QED) is 0.610. The van der Waals surface area contributed by atoms with Gasteiger partial charge in [0.15, 0.2) is 5.11 Å². The number of carbonyl (C=O) groups is 2. The van der Waals surface area contributed by atoms with Crippen LogP contribution in [0.15, 0.2) is 54.6 Å². The van der Waals surface area contributed by atoms with Gasteiger partial charge in [-0.25, -0.2) is 0 Å². The summed E-state index contributed by atoms with van der Waals surface area (Å²) < 4.78 is 10.2. The smallest absolute Gasteiger partial charge is 0.306 e. The van der Waals surface area contributed by atoms with Gasteiger partial charge in [-0.1, -0.05) is 18.2 Å². The topological polar surface area (TPSA) is 76.7 Å². The number of anilines is 1. The van der Waals surface area contributed by atoms with Crippen molar-refractivity contribution in [1.82, 2.24) is 5.32 Å². The minimum absolute atomic E-state index is 0.0104. The fourth-order valence-electron chi connectivity index (χ4n) is 1.90. The second kappa shape index (κ2) is 9.39. The summed E-state index contributed by atoms with van der Waals surface area (Å²) in [6.45, 7) is 0. The van der Waals surface area contributed by atoms with Crippen molar-refractivity contribution in [1.29, 1.82) is 0 Å². The van der Waals surface area contributed by atoms with Crippen molar-refractivity contribution >= 4 is 34.9 Å². The highest BCUT2D eigenvalue weighted by Crippen LogP contribution is 2.22. The largest absolute Gasteiger partial charge is 0.469 e. The number of methoxy groups -OCH3 is 1. The molecule has 0 saturated heterocycles. The normalized spacial score (nSPS) is 9.80. The number of thiocarbonyl (C=S) groups is 1. The van der Waals surface area contributed by atoms with E-state index in [0.717, 1.165) is 5.75 Å². The summed E-state index contributed by atoms with van der Waals surface area (Å²) in [5, 5.41) is 5.56. The summed E-state index contributed by atoms with van der Waals surface area (Å²) in [6, 6.07) is 16.6. The SMILES string of the molecule is COC(=O)CCC(=O)NC(=S)Nc1ccc(Oc2ccccc2)cc1. The summed E-state index contributed by atoms with van der Waals surface area (Å²) in [5.41, 5.74) is 0.707. The Kier molecular flexibility index (Phi) is 6.91. The first-order chi connectivity index (χ1) is 12.1. The molecule has 6 nitrogen and oxygen atoms in total. The number of esters is 1. The summed E-state index contributed by atoms with van der Waals surface area (Å²) in [7, 11) is 1.28. The second-order valence-corrected chi connectivity index (χ2v) is 5.43. The Morgan fingerprint density at radius 2 is 1.60 bits per heavy atom. The molecule has 130 valence electrons. The number of nitrogens with one attached hydrogen (secondary N) is 2. The highest BCUT2D eigenvalue weighted by atomic mass is 32.1. The highest BCUT2D eigenvalue weighted by molar-refractivity contribution is 7.80. The molecule has 0 radical (unpaired) electrons. The third-order valence-electron chi connectivity index (χ3n) is 3.13. The number of hydrogen-bond donors (Lipinski definition) is 2. The second-order valence-electron chi connectivity index (χ2n) is 5.02. The molecule has 0 heterocycles. The first-order valence-corrected chi connectivity index (χ1v) is 7.98. The van der Waals surface area contributed by atoms with Gasteiger partial charge in [0.2, 0.25) is 5.91 Å². The molecular formula is C18H18N2O4S. The van der Waals surface area contributed by atoms with Crippen LogP contribution in [-0.2, 0) is 14.3 Å². The first-order valence-electron chi connectivity index (χ1n) is 7.57. The molecule has 2 rings (SSSR count). The van der Waals surface area contributed by atoms with Gasteiger partial charge in [-0.05, 0) is 48.6 Å². The molecular weight excluding hydrogens is 340 g/mol. The molecule has 0 atom stereocenters. The van der Waals surface area contributed by atoms with Crippen LogP contribution in [0.1, 0.15) is 12.8 Å². The van der Waals surface area contributed by atoms with Crippen LogP contribution < -0.4 is 15.4 Å². The molecule has 2 aromatic rings. The van der Waals surface area contributed by atoms with Gasteiger partial charge in [-0.15, -0.1) is 0 Å². The van der Waals surface area contributed by atoms with Gasteiger partial charge in [0.05, 0.1) is 13.5 Å². The molecule has 25 heavy (non-hydrogen) atoms. The Morgan fingerprint density at radius 3 is 2.24 bits per heavy atom. The van der Waals surface area contributed by atoms with Crippen molar-refractivity contribution < 1.29 is 19.1 Å². The van der Waals surface area contributed by atoms with Crippen LogP contribution in [0.25, 0.3) is 0 Å². The zero-order chi connectivity index (χ0) is 18.1. The summed E-state index contributed by atoms with van der Waals surface area (Å²) in [5.74, 6) is 0.636. The van der Waals surface area contributed by atoms with E-state index in [0.29, 0.717) is 11.4 Å². The zero-order valence-electron chi connectivity index (χ0n) is 13.7. The minimum atomic E-state index is -0.442. The van der Waals surface area contributed by atoms with Crippen molar-refractivity contribution in [3.8, 4) is 11.5 Å². The van der Waals surface area contributed by atoms with Gasteiger partial charge in [0.1, 0.15) is 11.5 Å². The van der Waals surface area contributed by atoms with E-state index in [4.69, 9.17) is 17.0 Å². The number of para-hydroxylation sites is 1. The van der Waals surface area contributed by atoms with E-state index < -0.39 is 5.97 Å². The van der Waals surface area contributed by atoms with Gasteiger partial charge in [0, 0.05) is 12.1 Å². The molecule has 0 aliphatic carbocycles. The molecule has 0 aliphatic heterocycles. The molecule has 0 unspecified atom stereocenters. The van der Waals surface area contributed by atoms with E-state index in [1.54, 1.807) is 24.3 Å². The maximum absolute atomic E-state index is 11.7. The third kappa shape index (κ3) is 6.60. The predicted octanol–water partition coefficient (Wildman–Crippen LogP) is 3.25. The molecule has 0 aliphatic rings. The fourth-order valence-corrected chi connectivity index (χ4v) is 2.13. The predicted molar refractivity (Wildman–Crippen MR) is 98.6 cm³/mol. The van der Waals surface area contributed by atoms with Gasteiger partial charge >= 0.3 is 5.97 Å². The third-order valence-corrected chi connectivity index (χ3v) is 3.33. The summed E-state index contributed by atoms with van der Waals surface area (Å²) >= 11 is 5.07. The maximum atomic E-state index is 11.7. The van der Waals surface area contributed by atoms with E-state index in [1.165, 1.54) is 7.11 Å². The van der Waals surface area contributed by atoms with E-state index >= 15 is 0 Å². The lowest BCUT2D eigenvalue weighted by Gasteiger charge is -2.10. The summed E-state index contributed by atoms with van der Waals surface area (Å²) in [4.78, 5) is 22.6. The number of carbonyl (C=O) groups excluding carboxylic acids is 2. The number of amides is 1. The first kappa shape index (κ1) is 18.4. The molecule has 2 N–H and O–H groups in total. The molecule has 0 spiro atoms. The van der Waals surface area contributed by atoms with E-state index in [-0.39, 0.29) is 23.9 Å². The Labute approximate surface area is 151 Å². The Hall–Kier alpha value is -2.93. The van der Waals surface area contributed by atoms with Crippen LogP contribution in [-0.4, -0.2) is 24.1 Å². The van der Waals surface area contributed by atoms with Gasteiger partial charge in [-0.3, -0.25) is 9.59 Å². The van der Waals surface area contributed by atoms with Crippen molar-refractivity contribution in [2.24, 2.45) is 0 Å². The number of hydrogen-bond acceptors (Lipinski definition) is 5. The van der Waals surface area contributed by atoms with Crippen LogP contribution in [0.5, 0.6) is 11.5 Å². The van der Waals surface area contributed by atoms with Crippen molar-refractivity contribution in [3.63, 3.8) is 0 Å². The molecule has 0 saturated carbocycles. The van der Waals surface area contributed by atoms with E-state index in [1.807, 2.05) is 30.3 Å². The fraction of sp³-hybridized carbons (Fsp3) is 0.167. The molecule has 0 fully saturated rings. The lowest BCUT2D eigenvalue weighted by Crippen LogP contribution is -2.34. The van der Waals surface area contributed by atoms with Crippen molar-refractivity contribution in [3.05, 3.63) is 54.6 Å². The standard InChI is InChI=1S/C18H18N2O4S/c1-23-17(22)12-11-16(21)20-18(25)19-13-7-9-15(10-8-13)24-14-5-3-2-4-6-14/h2-10H,11-12H2,1H3,(H2,19,20,21,25). The maximum Gasteiger partial charge on any atom is 0.306 e. The Balaban J connectivity index is 1.81. The monoisotopic (exact) mass is 358 g/mol. The van der Waals surface area contributed by atoms with Crippen LogP contribution in [0.3, 0.4) is 0 Å². The summed E-state index contributed by atoms with van der Waals surface area (Å²) in [6.07, 6.45) is 0.0226. The molecule has 0 bridgehead atoms. The minimum Gasteiger partial charge on any atom is -0.469 e. The van der Waals surface area contributed by atoms with E-state index in [2.05, 4.69) is 15.4 Å². The van der Waals surface area contributed by atoms with Crippen molar-refractivity contribution in [2.75, 3.05) is 12.4 Å². The van der Waals surface area contributed by atoms with E-state index in [9.17, 15) is 9.59 Å². The molecule has 0 aromatic heterocycles. The number of rotatable bonds is 6. The number of benzene rings is 2. The van der Waals surface area contributed by atoms with Crippen molar-refractivity contribution in [2.45, 2.75) is 12.8 Å². The van der Waals surface area contributed by atoms with Crippen LogP contribution in [0.4, 0.5) is 5.69 Å². The zero-order valence-corrected chi connectivity index (χ0v) is 14.5. The average molecular weight is 358 g/mol. The van der Waals surface area contributed by atoms with Crippen LogP contribution >= 0.6 is 12.2 Å². The average Bonchev–Trinajstić information content (AvgIpc) is 2.62. The highest BCUT2D eigenvalue weighted by Gasteiger charge is 2.08. The molecule has 7 heteroatoms. The Morgan fingerprint density at radius 1 is 0.960 bits per heavy atom. The van der Waals surface area contributed by atoms with Gasteiger partial charge in [0.25, 0.3) is 0 Å². The Bertz CT molecular complexity index is 733.